The van der Waals surface area contributed by atoms with Crippen molar-refractivity contribution in [1.29, 1.82) is 0 Å². The van der Waals surface area contributed by atoms with E-state index in [1.54, 1.807) is 0 Å². The Morgan fingerprint density at radius 3 is 2.54 bits per heavy atom. The first-order chi connectivity index (χ1) is 6.06. The lowest BCUT2D eigenvalue weighted by Crippen LogP contribution is -2.57. The molecule has 3 aliphatic rings. The van der Waals surface area contributed by atoms with Gasteiger partial charge in [-0.2, -0.15) is 0 Å². The van der Waals surface area contributed by atoms with Crippen LogP contribution in [0.2, 0.25) is 0 Å². The molecule has 3 rings (SSSR count). The Bertz CT molecular complexity index is 273. The van der Waals surface area contributed by atoms with E-state index in [1.807, 2.05) is 13.8 Å². The Morgan fingerprint density at radius 2 is 2.15 bits per heavy atom. The fraction of sp³-hybridized carbons (Fsp3) is 0.833. The summed E-state index contributed by atoms with van der Waals surface area (Å²) in [4.78, 5) is 0. The van der Waals surface area contributed by atoms with Crippen LogP contribution in [-0.4, -0.2) is 10.7 Å². The molecule has 2 saturated carbocycles. The fourth-order valence-corrected chi connectivity index (χ4v) is 4.30. The molecule has 4 atom stereocenters. The number of fused-ring (bicyclic) bond motifs is 5. The topological polar surface area (TPSA) is 20.2 Å². The van der Waals surface area contributed by atoms with Gasteiger partial charge in [-0.1, -0.05) is 12.2 Å². The monoisotopic (exact) mass is 178 g/mol. The van der Waals surface area contributed by atoms with Crippen LogP contribution in [0.5, 0.6) is 0 Å². The van der Waals surface area contributed by atoms with Gasteiger partial charge in [0, 0.05) is 5.41 Å². The Hall–Kier alpha value is -0.300. The van der Waals surface area contributed by atoms with E-state index in [0.29, 0.717) is 5.92 Å². The van der Waals surface area contributed by atoms with Crippen molar-refractivity contribution in [2.75, 3.05) is 0 Å². The molecule has 1 heteroatoms. The van der Waals surface area contributed by atoms with Crippen molar-refractivity contribution in [2.45, 2.75) is 38.7 Å². The van der Waals surface area contributed by atoms with Crippen LogP contribution in [0.25, 0.3) is 0 Å². The molecule has 0 aromatic carbocycles. The minimum atomic E-state index is -0.472. The highest BCUT2D eigenvalue weighted by molar-refractivity contribution is 5.26. The standard InChI is InChI=1S/C12H18O/c1-11(2,13)12-6-5-10(12)8-3-4-9(12)7-8/h3-4,8-10,13H,5-7H2,1-2H3/t8-,9+,10+,12-/m1/s1. The van der Waals surface area contributed by atoms with Crippen molar-refractivity contribution >= 4 is 0 Å². The van der Waals surface area contributed by atoms with E-state index < -0.39 is 5.60 Å². The van der Waals surface area contributed by atoms with Gasteiger partial charge >= 0.3 is 0 Å². The molecule has 1 nitrogen and oxygen atoms in total. The molecule has 0 unspecified atom stereocenters. The largest absolute Gasteiger partial charge is 0.390 e. The highest BCUT2D eigenvalue weighted by Gasteiger charge is 2.66. The molecule has 72 valence electrons. The SMILES string of the molecule is CC(C)(O)[C@@]12CC[C@H]1[C@@H]1C=C[C@H]2C1. The van der Waals surface area contributed by atoms with Crippen molar-refractivity contribution in [3.8, 4) is 0 Å². The number of allylic oxidation sites excluding steroid dienone is 2. The maximum atomic E-state index is 10.3. The van der Waals surface area contributed by atoms with Gasteiger partial charge in [0.15, 0.2) is 0 Å². The lowest BCUT2D eigenvalue weighted by atomic mass is 9.49. The lowest BCUT2D eigenvalue weighted by molar-refractivity contribution is -0.153. The van der Waals surface area contributed by atoms with Crippen LogP contribution in [0, 0.1) is 23.2 Å². The van der Waals surface area contributed by atoms with Crippen molar-refractivity contribution in [2.24, 2.45) is 23.2 Å². The molecular weight excluding hydrogens is 160 g/mol. The van der Waals surface area contributed by atoms with Crippen LogP contribution in [0.15, 0.2) is 12.2 Å². The zero-order chi connectivity index (χ0) is 9.27. The van der Waals surface area contributed by atoms with Crippen LogP contribution in [-0.2, 0) is 0 Å². The van der Waals surface area contributed by atoms with Crippen LogP contribution in [0.1, 0.15) is 33.1 Å². The van der Waals surface area contributed by atoms with Crippen molar-refractivity contribution in [3.05, 3.63) is 12.2 Å². The third-order valence-electron chi connectivity index (χ3n) is 4.96. The predicted octanol–water partition coefficient (Wildman–Crippen LogP) is 2.36. The molecule has 1 N–H and O–H groups in total. The number of hydrogen-bond acceptors (Lipinski definition) is 1. The summed E-state index contributed by atoms with van der Waals surface area (Å²) >= 11 is 0. The van der Waals surface area contributed by atoms with E-state index in [0.717, 1.165) is 11.8 Å². The van der Waals surface area contributed by atoms with Gasteiger partial charge in [-0.15, -0.1) is 0 Å². The average molecular weight is 178 g/mol. The van der Waals surface area contributed by atoms with Gasteiger partial charge in [-0.25, -0.2) is 0 Å². The number of aliphatic hydroxyl groups is 1. The summed E-state index contributed by atoms with van der Waals surface area (Å²) in [5.74, 6) is 2.27. The molecule has 0 spiro atoms. The number of hydrogen-bond donors (Lipinski definition) is 1. The lowest BCUT2D eigenvalue weighted by Gasteiger charge is -2.57. The minimum Gasteiger partial charge on any atom is -0.390 e. The van der Waals surface area contributed by atoms with Crippen LogP contribution in [0.3, 0.4) is 0 Å². The first-order valence-corrected chi connectivity index (χ1v) is 5.46. The molecule has 0 radical (unpaired) electrons. The third-order valence-corrected chi connectivity index (χ3v) is 4.96. The molecule has 3 aliphatic carbocycles. The van der Waals surface area contributed by atoms with Gasteiger partial charge in [0.05, 0.1) is 5.60 Å². The summed E-state index contributed by atoms with van der Waals surface area (Å²) in [6, 6.07) is 0. The van der Waals surface area contributed by atoms with E-state index in [-0.39, 0.29) is 5.41 Å². The van der Waals surface area contributed by atoms with Gasteiger partial charge in [-0.05, 0) is 50.9 Å². The zero-order valence-electron chi connectivity index (χ0n) is 8.46. The molecular formula is C12H18O. The Kier molecular flexibility index (Phi) is 1.26. The van der Waals surface area contributed by atoms with Crippen LogP contribution < -0.4 is 0 Å². The summed E-state index contributed by atoms with van der Waals surface area (Å²) in [6.45, 7) is 4.02. The van der Waals surface area contributed by atoms with E-state index in [9.17, 15) is 5.11 Å². The molecule has 0 aliphatic heterocycles. The van der Waals surface area contributed by atoms with Crippen LogP contribution in [0.4, 0.5) is 0 Å². The second-order valence-electron chi connectivity index (χ2n) is 5.64. The maximum Gasteiger partial charge on any atom is 0.0656 e. The molecule has 0 saturated heterocycles. The zero-order valence-corrected chi connectivity index (χ0v) is 8.46. The van der Waals surface area contributed by atoms with E-state index in [1.165, 1.54) is 19.3 Å². The third kappa shape index (κ3) is 0.698. The second-order valence-corrected chi connectivity index (χ2v) is 5.64. The Labute approximate surface area is 79.8 Å². The Morgan fingerprint density at radius 1 is 1.38 bits per heavy atom. The summed E-state index contributed by atoms with van der Waals surface area (Å²) in [6.07, 6.45) is 8.65. The molecule has 0 heterocycles. The summed E-state index contributed by atoms with van der Waals surface area (Å²) < 4.78 is 0. The van der Waals surface area contributed by atoms with E-state index >= 15 is 0 Å². The maximum absolute atomic E-state index is 10.3. The predicted molar refractivity (Wildman–Crippen MR) is 52.2 cm³/mol. The first kappa shape index (κ1) is 8.05. The average Bonchev–Trinajstić information content (AvgIpc) is 2.37. The smallest absolute Gasteiger partial charge is 0.0656 e. The van der Waals surface area contributed by atoms with Gasteiger partial charge in [0.25, 0.3) is 0 Å². The van der Waals surface area contributed by atoms with Gasteiger partial charge < -0.3 is 5.11 Å². The minimum absolute atomic E-state index is 0.256. The highest BCUT2D eigenvalue weighted by atomic mass is 16.3. The molecule has 2 fully saturated rings. The van der Waals surface area contributed by atoms with Crippen molar-refractivity contribution < 1.29 is 5.11 Å². The summed E-state index contributed by atoms with van der Waals surface area (Å²) in [7, 11) is 0. The van der Waals surface area contributed by atoms with Gasteiger partial charge in [-0.3, -0.25) is 0 Å². The van der Waals surface area contributed by atoms with Crippen LogP contribution >= 0.6 is 0 Å². The van der Waals surface area contributed by atoms with Gasteiger partial charge in [0.2, 0.25) is 0 Å². The second kappa shape index (κ2) is 2.03. The molecule has 0 aromatic heterocycles. The van der Waals surface area contributed by atoms with Crippen molar-refractivity contribution in [1.82, 2.24) is 0 Å². The highest BCUT2D eigenvalue weighted by Crippen LogP contribution is 2.70. The van der Waals surface area contributed by atoms with E-state index in [4.69, 9.17) is 0 Å². The van der Waals surface area contributed by atoms with Crippen molar-refractivity contribution in [3.63, 3.8) is 0 Å². The Balaban J connectivity index is 2.05. The fourth-order valence-electron chi connectivity index (χ4n) is 4.30. The van der Waals surface area contributed by atoms with E-state index in [2.05, 4.69) is 12.2 Å². The first-order valence-electron chi connectivity index (χ1n) is 5.46. The molecule has 2 bridgehead atoms. The molecule has 0 amide bonds. The molecule has 13 heavy (non-hydrogen) atoms. The number of rotatable bonds is 1. The summed E-state index contributed by atoms with van der Waals surface area (Å²) in [5, 5.41) is 10.3. The summed E-state index contributed by atoms with van der Waals surface area (Å²) in [5.41, 5.74) is -0.216. The van der Waals surface area contributed by atoms with Gasteiger partial charge in [0.1, 0.15) is 0 Å². The normalized spacial score (nSPS) is 52.1. The molecule has 0 aromatic rings. The quantitative estimate of drug-likeness (QED) is 0.611.